The third kappa shape index (κ3) is 2.06. The highest BCUT2D eigenvalue weighted by molar-refractivity contribution is 6.31. The van der Waals surface area contributed by atoms with Crippen LogP contribution < -0.4 is 5.32 Å². The molecule has 1 aromatic carbocycles. The van der Waals surface area contributed by atoms with Crippen molar-refractivity contribution in [3.8, 4) is 0 Å². The summed E-state index contributed by atoms with van der Waals surface area (Å²) in [5.41, 5.74) is 2.42. The standard InChI is InChI=1S/C13H16ClN3/c1-17-5-4-15-8-13(17)12-7-9-6-10(14)2-3-11(9)16-12/h2-3,6-7,13,15-16H,4-5,8H2,1H3. The lowest BCUT2D eigenvalue weighted by molar-refractivity contribution is 0.199. The predicted molar refractivity (Wildman–Crippen MR) is 71.5 cm³/mol. The van der Waals surface area contributed by atoms with E-state index in [4.69, 9.17) is 11.6 Å². The molecule has 1 fully saturated rings. The Balaban J connectivity index is 1.99. The molecule has 2 heterocycles. The molecule has 0 aliphatic carbocycles. The number of aromatic nitrogens is 1. The lowest BCUT2D eigenvalue weighted by Crippen LogP contribution is -2.43. The number of piperazine rings is 1. The van der Waals surface area contributed by atoms with Gasteiger partial charge in [0.15, 0.2) is 0 Å². The van der Waals surface area contributed by atoms with Gasteiger partial charge in [0.05, 0.1) is 6.04 Å². The molecule has 90 valence electrons. The van der Waals surface area contributed by atoms with Gasteiger partial charge in [-0.05, 0) is 31.3 Å². The maximum Gasteiger partial charge on any atom is 0.0622 e. The molecule has 2 aromatic rings. The van der Waals surface area contributed by atoms with Crippen molar-refractivity contribution in [2.24, 2.45) is 0 Å². The maximum absolute atomic E-state index is 6.01. The number of nitrogens with one attached hydrogen (secondary N) is 2. The zero-order valence-corrected chi connectivity index (χ0v) is 10.6. The third-order valence-electron chi connectivity index (χ3n) is 3.47. The molecule has 0 bridgehead atoms. The molecule has 1 aliphatic heterocycles. The smallest absolute Gasteiger partial charge is 0.0622 e. The van der Waals surface area contributed by atoms with Gasteiger partial charge in [-0.3, -0.25) is 4.90 Å². The summed E-state index contributed by atoms with van der Waals surface area (Å²) in [5, 5.41) is 5.41. The fourth-order valence-electron chi connectivity index (χ4n) is 2.46. The van der Waals surface area contributed by atoms with E-state index < -0.39 is 0 Å². The molecule has 1 aliphatic rings. The minimum atomic E-state index is 0.426. The second-order valence-corrected chi connectivity index (χ2v) is 5.09. The van der Waals surface area contributed by atoms with E-state index in [0.717, 1.165) is 30.2 Å². The number of fused-ring (bicyclic) bond motifs is 1. The second-order valence-electron chi connectivity index (χ2n) is 4.66. The summed E-state index contributed by atoms with van der Waals surface area (Å²) >= 11 is 6.01. The van der Waals surface area contributed by atoms with Gasteiger partial charge < -0.3 is 10.3 Å². The van der Waals surface area contributed by atoms with E-state index in [9.17, 15) is 0 Å². The van der Waals surface area contributed by atoms with E-state index in [1.165, 1.54) is 11.1 Å². The Hall–Kier alpha value is -1.03. The highest BCUT2D eigenvalue weighted by atomic mass is 35.5. The first-order chi connectivity index (χ1) is 8.24. The number of nitrogens with zero attached hydrogens (tertiary/aromatic N) is 1. The number of halogens is 1. The molecule has 1 atom stereocenters. The average molecular weight is 250 g/mol. The molecule has 1 saturated heterocycles. The molecule has 1 unspecified atom stereocenters. The van der Waals surface area contributed by atoms with Crippen molar-refractivity contribution >= 4 is 22.5 Å². The highest BCUT2D eigenvalue weighted by Gasteiger charge is 2.21. The number of H-pyrrole nitrogens is 1. The SMILES string of the molecule is CN1CCNCC1c1cc2cc(Cl)ccc2[nH]1. The number of likely N-dealkylation sites (N-methyl/N-ethyl adjacent to an activating group) is 1. The normalized spacial score (nSPS) is 22.1. The fraction of sp³-hybridized carbons (Fsp3) is 0.385. The molecule has 0 radical (unpaired) electrons. The van der Waals surface area contributed by atoms with E-state index in [0.29, 0.717) is 6.04 Å². The van der Waals surface area contributed by atoms with Crippen LogP contribution >= 0.6 is 11.6 Å². The minimum absolute atomic E-state index is 0.426. The van der Waals surface area contributed by atoms with Crippen LogP contribution in [0.3, 0.4) is 0 Å². The second kappa shape index (κ2) is 4.33. The monoisotopic (exact) mass is 249 g/mol. The van der Waals surface area contributed by atoms with Crippen LogP contribution in [0.2, 0.25) is 5.02 Å². The largest absolute Gasteiger partial charge is 0.357 e. The van der Waals surface area contributed by atoms with E-state index >= 15 is 0 Å². The van der Waals surface area contributed by atoms with Gasteiger partial charge in [0, 0.05) is 41.3 Å². The van der Waals surface area contributed by atoms with Crippen LogP contribution in [0.5, 0.6) is 0 Å². The predicted octanol–water partition coefficient (Wildman–Crippen LogP) is 2.40. The van der Waals surface area contributed by atoms with E-state index in [1.54, 1.807) is 0 Å². The van der Waals surface area contributed by atoms with Gasteiger partial charge in [-0.2, -0.15) is 0 Å². The average Bonchev–Trinajstić information content (AvgIpc) is 2.72. The summed E-state index contributed by atoms with van der Waals surface area (Å²) in [6, 6.07) is 8.60. The zero-order chi connectivity index (χ0) is 11.8. The fourth-order valence-corrected chi connectivity index (χ4v) is 2.64. The zero-order valence-electron chi connectivity index (χ0n) is 9.83. The van der Waals surface area contributed by atoms with Gasteiger partial charge in [0.25, 0.3) is 0 Å². The number of hydrogen-bond acceptors (Lipinski definition) is 2. The summed E-state index contributed by atoms with van der Waals surface area (Å²) in [4.78, 5) is 5.86. The minimum Gasteiger partial charge on any atom is -0.357 e. The molecule has 1 aromatic heterocycles. The summed E-state index contributed by atoms with van der Waals surface area (Å²) in [7, 11) is 2.17. The quantitative estimate of drug-likeness (QED) is 0.813. The Morgan fingerprint density at radius 3 is 3.06 bits per heavy atom. The first-order valence-corrected chi connectivity index (χ1v) is 6.31. The van der Waals surface area contributed by atoms with Gasteiger partial charge in [0.1, 0.15) is 0 Å². The number of hydrogen-bond donors (Lipinski definition) is 2. The Labute approximate surface area is 106 Å². The van der Waals surface area contributed by atoms with Crippen molar-refractivity contribution in [1.82, 2.24) is 15.2 Å². The molecular formula is C13H16ClN3. The lowest BCUT2D eigenvalue weighted by atomic mass is 10.1. The number of aromatic amines is 1. The topological polar surface area (TPSA) is 31.1 Å². The third-order valence-corrected chi connectivity index (χ3v) is 3.71. The van der Waals surface area contributed by atoms with E-state index in [2.05, 4.69) is 28.3 Å². The molecule has 0 amide bonds. The molecular weight excluding hydrogens is 234 g/mol. The van der Waals surface area contributed by atoms with Crippen LogP contribution in [0.25, 0.3) is 10.9 Å². The van der Waals surface area contributed by atoms with Gasteiger partial charge in [0.2, 0.25) is 0 Å². The first-order valence-electron chi connectivity index (χ1n) is 5.93. The van der Waals surface area contributed by atoms with Crippen LogP contribution in [-0.2, 0) is 0 Å². The Kier molecular flexibility index (Phi) is 2.82. The molecule has 3 rings (SSSR count). The van der Waals surface area contributed by atoms with Crippen LogP contribution in [0.4, 0.5) is 0 Å². The molecule has 2 N–H and O–H groups in total. The van der Waals surface area contributed by atoms with E-state index in [1.807, 2.05) is 18.2 Å². The van der Waals surface area contributed by atoms with E-state index in [-0.39, 0.29) is 0 Å². The molecule has 3 nitrogen and oxygen atoms in total. The molecule has 0 saturated carbocycles. The number of rotatable bonds is 1. The van der Waals surface area contributed by atoms with Crippen LogP contribution in [0, 0.1) is 0 Å². The van der Waals surface area contributed by atoms with Gasteiger partial charge in [-0.25, -0.2) is 0 Å². The van der Waals surface area contributed by atoms with Gasteiger partial charge in [-0.1, -0.05) is 11.6 Å². The summed E-state index contributed by atoms with van der Waals surface area (Å²) in [6.45, 7) is 3.15. The van der Waals surface area contributed by atoms with Crippen molar-refractivity contribution in [2.75, 3.05) is 26.7 Å². The first kappa shape index (κ1) is 11.1. The maximum atomic E-state index is 6.01. The van der Waals surface area contributed by atoms with Crippen molar-refractivity contribution in [1.29, 1.82) is 0 Å². The molecule has 4 heteroatoms. The summed E-state index contributed by atoms with van der Waals surface area (Å²) < 4.78 is 0. The highest BCUT2D eigenvalue weighted by Crippen LogP contribution is 2.26. The Morgan fingerprint density at radius 2 is 2.24 bits per heavy atom. The van der Waals surface area contributed by atoms with Crippen molar-refractivity contribution in [2.45, 2.75) is 6.04 Å². The summed E-state index contributed by atoms with van der Waals surface area (Å²) in [6.07, 6.45) is 0. The molecule has 0 spiro atoms. The van der Waals surface area contributed by atoms with Crippen molar-refractivity contribution in [3.63, 3.8) is 0 Å². The Morgan fingerprint density at radius 1 is 1.35 bits per heavy atom. The van der Waals surface area contributed by atoms with Crippen LogP contribution in [0.1, 0.15) is 11.7 Å². The van der Waals surface area contributed by atoms with Crippen LogP contribution in [0.15, 0.2) is 24.3 Å². The lowest BCUT2D eigenvalue weighted by Gasteiger charge is -2.32. The van der Waals surface area contributed by atoms with Crippen molar-refractivity contribution in [3.05, 3.63) is 35.0 Å². The Bertz CT molecular complexity index is 534. The van der Waals surface area contributed by atoms with Crippen molar-refractivity contribution < 1.29 is 0 Å². The summed E-state index contributed by atoms with van der Waals surface area (Å²) in [5.74, 6) is 0. The van der Waals surface area contributed by atoms with Gasteiger partial charge >= 0.3 is 0 Å². The molecule has 17 heavy (non-hydrogen) atoms. The van der Waals surface area contributed by atoms with Crippen LogP contribution in [-0.4, -0.2) is 36.6 Å². The van der Waals surface area contributed by atoms with Gasteiger partial charge in [-0.15, -0.1) is 0 Å². The number of benzene rings is 1.